The average molecular weight is 280 g/mol. The number of ether oxygens (including phenoxy) is 2. The Morgan fingerprint density at radius 1 is 1.10 bits per heavy atom. The SMILES string of the molecule is COCCCNC(=O)NCCOc1c(C)cccc1C. The zero-order valence-corrected chi connectivity index (χ0v) is 12.5. The maximum Gasteiger partial charge on any atom is 0.314 e. The molecule has 5 heteroatoms. The first-order valence-corrected chi connectivity index (χ1v) is 6.84. The fourth-order valence-electron chi connectivity index (χ4n) is 1.83. The van der Waals surface area contributed by atoms with Crippen molar-refractivity contribution < 1.29 is 14.3 Å². The van der Waals surface area contributed by atoms with Gasteiger partial charge in [0.15, 0.2) is 0 Å². The van der Waals surface area contributed by atoms with Crippen molar-refractivity contribution in [3.8, 4) is 5.75 Å². The van der Waals surface area contributed by atoms with Crippen molar-refractivity contribution in [1.29, 1.82) is 0 Å². The summed E-state index contributed by atoms with van der Waals surface area (Å²) in [5.74, 6) is 0.898. The molecule has 0 unspecified atom stereocenters. The number of carbonyl (C=O) groups excluding carboxylic acids is 1. The van der Waals surface area contributed by atoms with Crippen LogP contribution in [-0.2, 0) is 4.74 Å². The number of aryl methyl sites for hydroxylation is 2. The minimum atomic E-state index is -0.175. The molecule has 1 rings (SSSR count). The Kier molecular flexibility index (Phi) is 7.50. The maximum absolute atomic E-state index is 11.4. The highest BCUT2D eigenvalue weighted by Gasteiger charge is 2.03. The van der Waals surface area contributed by atoms with Crippen LogP contribution in [0.1, 0.15) is 17.5 Å². The lowest BCUT2D eigenvalue weighted by atomic mass is 10.1. The van der Waals surface area contributed by atoms with Gasteiger partial charge in [-0.2, -0.15) is 0 Å². The standard InChI is InChI=1S/C15H24N2O3/c1-12-6-4-7-13(2)14(12)20-11-9-17-15(18)16-8-5-10-19-3/h4,6-7H,5,8-11H2,1-3H3,(H2,16,17,18). The van der Waals surface area contributed by atoms with Gasteiger partial charge in [-0.1, -0.05) is 18.2 Å². The Labute approximate surface area is 120 Å². The van der Waals surface area contributed by atoms with E-state index >= 15 is 0 Å². The molecule has 0 saturated carbocycles. The summed E-state index contributed by atoms with van der Waals surface area (Å²) >= 11 is 0. The van der Waals surface area contributed by atoms with Gasteiger partial charge in [-0.05, 0) is 31.4 Å². The van der Waals surface area contributed by atoms with E-state index in [1.807, 2.05) is 32.0 Å². The van der Waals surface area contributed by atoms with Crippen LogP contribution in [0.3, 0.4) is 0 Å². The zero-order chi connectivity index (χ0) is 14.8. The minimum Gasteiger partial charge on any atom is -0.491 e. The van der Waals surface area contributed by atoms with Crippen LogP contribution in [0, 0.1) is 13.8 Å². The normalized spacial score (nSPS) is 10.2. The molecule has 5 nitrogen and oxygen atoms in total. The van der Waals surface area contributed by atoms with Crippen molar-refractivity contribution in [2.75, 3.05) is 33.4 Å². The Balaban J connectivity index is 2.17. The number of hydrogen-bond donors (Lipinski definition) is 2. The lowest BCUT2D eigenvalue weighted by Gasteiger charge is -2.12. The van der Waals surface area contributed by atoms with Gasteiger partial charge < -0.3 is 20.1 Å². The van der Waals surface area contributed by atoms with Gasteiger partial charge in [0.05, 0.1) is 6.54 Å². The minimum absolute atomic E-state index is 0.175. The summed E-state index contributed by atoms with van der Waals surface area (Å²) in [6.45, 7) is 6.21. The molecular formula is C15H24N2O3. The molecule has 0 saturated heterocycles. The number of rotatable bonds is 8. The van der Waals surface area contributed by atoms with E-state index < -0.39 is 0 Å². The Hall–Kier alpha value is -1.75. The third-order valence-corrected chi connectivity index (χ3v) is 2.85. The summed E-state index contributed by atoms with van der Waals surface area (Å²) < 4.78 is 10.6. The molecule has 0 atom stereocenters. The summed E-state index contributed by atoms with van der Waals surface area (Å²) in [6.07, 6.45) is 0.808. The second kappa shape index (κ2) is 9.20. The molecule has 20 heavy (non-hydrogen) atoms. The summed E-state index contributed by atoms with van der Waals surface area (Å²) in [4.78, 5) is 11.4. The first-order valence-electron chi connectivity index (χ1n) is 6.84. The third-order valence-electron chi connectivity index (χ3n) is 2.85. The molecule has 0 radical (unpaired) electrons. The molecule has 0 aliphatic rings. The molecule has 0 aromatic heterocycles. The number of para-hydroxylation sites is 1. The van der Waals surface area contributed by atoms with Crippen LogP contribution in [0.15, 0.2) is 18.2 Å². The monoisotopic (exact) mass is 280 g/mol. The van der Waals surface area contributed by atoms with E-state index in [0.717, 1.165) is 23.3 Å². The predicted molar refractivity (Wildman–Crippen MR) is 79.3 cm³/mol. The molecular weight excluding hydrogens is 256 g/mol. The van der Waals surface area contributed by atoms with E-state index in [0.29, 0.717) is 26.3 Å². The summed E-state index contributed by atoms with van der Waals surface area (Å²) in [7, 11) is 1.64. The van der Waals surface area contributed by atoms with Gasteiger partial charge in [-0.25, -0.2) is 4.79 Å². The van der Waals surface area contributed by atoms with Crippen LogP contribution < -0.4 is 15.4 Å². The van der Waals surface area contributed by atoms with Crippen LogP contribution >= 0.6 is 0 Å². The number of carbonyl (C=O) groups is 1. The molecule has 0 aliphatic heterocycles. The van der Waals surface area contributed by atoms with Crippen molar-refractivity contribution in [3.63, 3.8) is 0 Å². The van der Waals surface area contributed by atoms with Gasteiger partial charge in [-0.3, -0.25) is 0 Å². The molecule has 2 amide bonds. The smallest absolute Gasteiger partial charge is 0.314 e. The van der Waals surface area contributed by atoms with Gasteiger partial charge >= 0.3 is 6.03 Å². The Morgan fingerprint density at radius 3 is 2.40 bits per heavy atom. The lowest BCUT2D eigenvalue weighted by molar-refractivity contribution is 0.193. The van der Waals surface area contributed by atoms with Crippen molar-refractivity contribution in [2.45, 2.75) is 20.3 Å². The van der Waals surface area contributed by atoms with Crippen molar-refractivity contribution in [3.05, 3.63) is 29.3 Å². The van der Waals surface area contributed by atoms with E-state index in [4.69, 9.17) is 9.47 Å². The number of urea groups is 1. The molecule has 0 aliphatic carbocycles. The Morgan fingerprint density at radius 2 is 1.75 bits per heavy atom. The van der Waals surface area contributed by atoms with Crippen LogP contribution in [-0.4, -0.2) is 39.4 Å². The van der Waals surface area contributed by atoms with Gasteiger partial charge in [0.25, 0.3) is 0 Å². The molecule has 2 N–H and O–H groups in total. The number of amides is 2. The number of benzene rings is 1. The quantitative estimate of drug-likeness (QED) is 0.716. The molecule has 1 aromatic rings. The van der Waals surface area contributed by atoms with Gasteiger partial charge in [0.1, 0.15) is 12.4 Å². The first-order chi connectivity index (χ1) is 9.65. The largest absolute Gasteiger partial charge is 0.491 e. The van der Waals surface area contributed by atoms with E-state index in [2.05, 4.69) is 10.6 Å². The van der Waals surface area contributed by atoms with Crippen LogP contribution in [0.2, 0.25) is 0 Å². The summed E-state index contributed by atoms with van der Waals surface area (Å²) in [6, 6.07) is 5.85. The third kappa shape index (κ3) is 5.93. The molecule has 112 valence electrons. The highest BCUT2D eigenvalue weighted by Crippen LogP contribution is 2.21. The van der Waals surface area contributed by atoms with E-state index in [1.54, 1.807) is 7.11 Å². The fraction of sp³-hybridized carbons (Fsp3) is 0.533. The number of methoxy groups -OCH3 is 1. The van der Waals surface area contributed by atoms with E-state index in [1.165, 1.54) is 0 Å². The van der Waals surface area contributed by atoms with E-state index in [9.17, 15) is 4.79 Å². The van der Waals surface area contributed by atoms with Crippen LogP contribution in [0.4, 0.5) is 4.79 Å². The summed E-state index contributed by atoms with van der Waals surface area (Å²) in [5, 5.41) is 5.51. The van der Waals surface area contributed by atoms with Crippen molar-refractivity contribution in [1.82, 2.24) is 10.6 Å². The van der Waals surface area contributed by atoms with Crippen molar-refractivity contribution >= 4 is 6.03 Å². The fourth-order valence-corrected chi connectivity index (χ4v) is 1.83. The van der Waals surface area contributed by atoms with Gasteiger partial charge in [0.2, 0.25) is 0 Å². The summed E-state index contributed by atoms with van der Waals surface area (Å²) in [5.41, 5.74) is 2.21. The average Bonchev–Trinajstić information content (AvgIpc) is 2.42. The van der Waals surface area contributed by atoms with Gasteiger partial charge in [-0.15, -0.1) is 0 Å². The Bertz CT molecular complexity index is 401. The van der Waals surface area contributed by atoms with E-state index in [-0.39, 0.29) is 6.03 Å². The van der Waals surface area contributed by atoms with Crippen molar-refractivity contribution in [2.24, 2.45) is 0 Å². The molecule has 0 heterocycles. The topological polar surface area (TPSA) is 59.6 Å². The lowest BCUT2D eigenvalue weighted by Crippen LogP contribution is -2.38. The first kappa shape index (κ1) is 16.3. The highest BCUT2D eigenvalue weighted by atomic mass is 16.5. The zero-order valence-electron chi connectivity index (χ0n) is 12.5. The maximum atomic E-state index is 11.4. The van der Waals surface area contributed by atoms with Crippen LogP contribution in [0.25, 0.3) is 0 Å². The highest BCUT2D eigenvalue weighted by molar-refractivity contribution is 5.73. The predicted octanol–water partition coefficient (Wildman–Crippen LogP) is 2.02. The van der Waals surface area contributed by atoms with Gasteiger partial charge in [0, 0.05) is 20.3 Å². The number of nitrogens with one attached hydrogen (secondary N) is 2. The number of hydrogen-bond acceptors (Lipinski definition) is 3. The van der Waals surface area contributed by atoms with Crippen LogP contribution in [0.5, 0.6) is 5.75 Å². The second-order valence-corrected chi connectivity index (χ2v) is 4.60. The molecule has 1 aromatic carbocycles. The molecule has 0 spiro atoms. The molecule has 0 bridgehead atoms. The second-order valence-electron chi connectivity index (χ2n) is 4.60. The molecule has 0 fully saturated rings.